The van der Waals surface area contributed by atoms with Gasteiger partial charge in [0, 0.05) is 129 Å². The van der Waals surface area contributed by atoms with Crippen LogP contribution in [0.1, 0.15) is 114 Å². The van der Waals surface area contributed by atoms with Gasteiger partial charge in [-0.15, -0.1) is 11.3 Å². The van der Waals surface area contributed by atoms with E-state index in [0.717, 1.165) is 110 Å². The molecule has 0 radical (unpaired) electrons. The average molecular weight is 1030 g/mol. The van der Waals surface area contributed by atoms with Gasteiger partial charge in [-0.1, -0.05) is 33.8 Å². The minimum atomic E-state index is -0.928. The van der Waals surface area contributed by atoms with Crippen LogP contribution in [0, 0.1) is 23.2 Å². The molecular weight excluding hydrogens is 951 g/mol. The number of piperazine rings is 1. The van der Waals surface area contributed by atoms with Gasteiger partial charge in [-0.25, -0.2) is 10.4 Å². The fraction of sp³-hybridized carbons (Fsp3) is 0.667. The monoisotopic (exact) mass is 1030 g/mol. The maximum atomic E-state index is 15.3. The molecule has 396 valence electrons. The van der Waals surface area contributed by atoms with Gasteiger partial charge in [0.15, 0.2) is 0 Å². The molecule has 4 aromatic rings. The summed E-state index contributed by atoms with van der Waals surface area (Å²) in [7, 11) is 3.96. The normalized spacial score (nSPS) is 30.4. The second-order valence-electron chi connectivity index (χ2n) is 24.8. The summed E-state index contributed by atoms with van der Waals surface area (Å²) in [6, 6.07) is 8.80. The predicted octanol–water partition coefficient (Wildman–Crippen LogP) is 6.28. The third kappa shape index (κ3) is 8.68. The minimum Gasteiger partial charge on any atom is -0.464 e. The van der Waals surface area contributed by atoms with Crippen molar-refractivity contribution in [3.05, 3.63) is 52.1 Å². The summed E-state index contributed by atoms with van der Waals surface area (Å²) < 4.78 is 15.2. The molecule has 3 aliphatic carbocycles. The second kappa shape index (κ2) is 18.6. The average Bonchev–Trinajstić information content (AvgIpc) is 4.36. The number of pyridine rings is 1. The van der Waals surface area contributed by atoms with E-state index in [9.17, 15) is 9.59 Å². The number of carbonyl (C=O) groups excluding carboxylic acids is 3. The van der Waals surface area contributed by atoms with E-state index in [4.69, 9.17) is 19.4 Å². The molecule has 5 saturated heterocycles. The van der Waals surface area contributed by atoms with E-state index in [2.05, 4.69) is 117 Å². The van der Waals surface area contributed by atoms with Crippen LogP contribution in [0.2, 0.25) is 0 Å². The number of likely N-dealkylation sites (tertiary alicyclic amines) is 3. The number of rotatable bonds is 10. The van der Waals surface area contributed by atoms with Crippen molar-refractivity contribution in [2.45, 2.75) is 134 Å². The maximum absolute atomic E-state index is 15.3. The lowest BCUT2D eigenvalue weighted by atomic mass is 9.76. The molecule has 1 unspecified atom stereocenters. The van der Waals surface area contributed by atoms with E-state index >= 15 is 4.79 Å². The quantitative estimate of drug-likeness (QED) is 0.172. The topological polar surface area (TPSA) is 144 Å². The van der Waals surface area contributed by atoms with Crippen molar-refractivity contribution in [2.24, 2.45) is 23.2 Å². The van der Waals surface area contributed by atoms with Gasteiger partial charge < -0.3 is 24.3 Å². The number of aromatic nitrogens is 3. The Morgan fingerprint density at radius 2 is 1.68 bits per heavy atom. The van der Waals surface area contributed by atoms with Gasteiger partial charge in [0.1, 0.15) is 17.1 Å². The summed E-state index contributed by atoms with van der Waals surface area (Å²) in [5.41, 5.74) is 11.4. The Morgan fingerprint density at radius 1 is 0.932 bits per heavy atom. The highest BCUT2D eigenvalue weighted by Gasteiger charge is 2.57. The number of hydrogen-bond acceptors (Lipinski definition) is 14. The highest BCUT2D eigenvalue weighted by molar-refractivity contribution is 7.10. The summed E-state index contributed by atoms with van der Waals surface area (Å²) >= 11 is 1.57. The first kappa shape index (κ1) is 49.1. The van der Waals surface area contributed by atoms with Crippen LogP contribution in [0.15, 0.2) is 35.8 Å². The number of esters is 1. The first-order chi connectivity index (χ1) is 35.7. The van der Waals surface area contributed by atoms with Crippen LogP contribution in [0.25, 0.3) is 33.4 Å². The van der Waals surface area contributed by atoms with E-state index in [0.29, 0.717) is 31.8 Å². The molecule has 7 atom stereocenters. The maximum Gasteiger partial charge on any atom is 0.324 e. The Kier molecular flexibility index (Phi) is 12.4. The Hall–Kier alpha value is -4.49. The predicted molar refractivity (Wildman–Crippen MR) is 286 cm³/mol. The van der Waals surface area contributed by atoms with E-state index in [1.54, 1.807) is 23.5 Å². The number of nitrogens with one attached hydrogen (secondary N) is 2. The number of cyclic esters (lactones) is 1. The zero-order valence-corrected chi connectivity index (χ0v) is 45.5. The van der Waals surface area contributed by atoms with Crippen LogP contribution in [0.3, 0.4) is 0 Å². The van der Waals surface area contributed by atoms with Crippen LogP contribution < -0.4 is 15.6 Å². The molecule has 6 aliphatic heterocycles. The molecular formula is C57H77N11O5S. The van der Waals surface area contributed by atoms with Crippen molar-refractivity contribution in [2.75, 3.05) is 91.1 Å². The van der Waals surface area contributed by atoms with E-state index in [1.807, 2.05) is 0 Å². The molecule has 1 aromatic carbocycles. The first-order valence-corrected chi connectivity index (χ1v) is 28.9. The van der Waals surface area contributed by atoms with Crippen LogP contribution in [-0.4, -0.2) is 173 Å². The van der Waals surface area contributed by atoms with Crippen LogP contribution >= 0.6 is 11.3 Å². The lowest BCUT2D eigenvalue weighted by Gasteiger charge is -2.63. The molecule has 2 N–H and O–H groups in total. The Labute approximate surface area is 440 Å². The standard InChI is InChI=1S/C57H77N11O5S/c1-33-34(2)47(33)52(69)60-49-51(66-30-57(31-66)16-18-62(57)6)53-59-45(29-74-53)36-10-15-46-41(23-36)43(25-56(4,5)32-73-55(71)44-9-8-17-67(61-44)54(49)70)50(68(46)40-27-65(28-40)38-13-14-38)42-24-39(26-58-48(42)35(3)72-7)64-21-19-63(20-22-64)37-11-12-37/h10,15,23-24,26,29,33-35,37-38,40,44,47,49,51,61H,8-9,11-14,16-22,25,27-28,30-32H2,1-7H3,(H,60,69)/t33-,34+,35-,44-,47?,49-,51-/m0/s1. The van der Waals surface area contributed by atoms with Crippen molar-refractivity contribution >= 4 is 45.7 Å². The molecule has 3 aromatic heterocycles. The molecule has 13 rings (SSSR count). The number of methoxy groups -OCH3 is 1. The number of amides is 2. The summed E-state index contributed by atoms with van der Waals surface area (Å²) in [6.45, 7) is 20.0. The number of carbonyl (C=O) groups is 3. The number of benzene rings is 1. The molecule has 16 nitrogen and oxygen atoms in total. The molecule has 9 aliphatic rings. The molecule has 2 amide bonds. The molecule has 6 bridgehead atoms. The van der Waals surface area contributed by atoms with Crippen molar-refractivity contribution < 1.29 is 23.9 Å². The lowest BCUT2D eigenvalue weighted by molar-refractivity contribution is -0.159. The smallest absolute Gasteiger partial charge is 0.324 e. The molecule has 17 heteroatoms. The molecule has 1 spiro atoms. The van der Waals surface area contributed by atoms with Crippen molar-refractivity contribution in [1.82, 2.24) is 49.9 Å². The zero-order chi connectivity index (χ0) is 50.9. The Morgan fingerprint density at radius 3 is 2.35 bits per heavy atom. The molecule has 8 fully saturated rings. The molecule has 74 heavy (non-hydrogen) atoms. The van der Waals surface area contributed by atoms with Gasteiger partial charge in [0.25, 0.3) is 5.91 Å². The molecule has 3 saturated carbocycles. The number of ether oxygens (including phenoxy) is 2. The van der Waals surface area contributed by atoms with Crippen molar-refractivity contribution in [1.29, 1.82) is 0 Å². The number of likely N-dealkylation sites (N-methyl/N-ethyl adjacent to an activating group) is 1. The highest BCUT2D eigenvalue weighted by Crippen LogP contribution is 2.50. The SMILES string of the molecule is CO[C@@H](C)c1ncc(N2CCN(C3CC3)CC2)cc1-c1c2c3cc(ccc3n1C1CN(C3CC3)C1)-c1csc(n1)[C@@H](N1CC3(CCN3C)C1)[C@H](NC(=O)C1[C@@H](C)[C@H]1C)C(=O)N1CCC[C@H](N1)C(=O)OCC(C)(C)C2. The number of hydrogen-bond donors (Lipinski definition) is 2. The second-order valence-corrected chi connectivity index (χ2v) is 25.7. The van der Waals surface area contributed by atoms with Crippen molar-refractivity contribution in [3.63, 3.8) is 0 Å². The number of fused-ring (bicyclic) bond motifs is 6. The summed E-state index contributed by atoms with van der Waals surface area (Å²) in [5.74, 6) is -0.397. The van der Waals surface area contributed by atoms with E-state index < -0.39 is 23.5 Å². The van der Waals surface area contributed by atoms with Gasteiger partial charge in [-0.05, 0) is 101 Å². The van der Waals surface area contributed by atoms with Crippen molar-refractivity contribution in [3.8, 4) is 22.5 Å². The third-order valence-electron chi connectivity index (χ3n) is 19.2. The minimum absolute atomic E-state index is 0.0542. The number of thiazole rings is 1. The first-order valence-electron chi connectivity index (χ1n) is 28.1. The Bertz CT molecular complexity index is 2830. The van der Waals surface area contributed by atoms with Gasteiger partial charge in [0.05, 0.1) is 53.8 Å². The number of nitrogens with zero attached hydrogens (tertiary/aromatic N) is 9. The van der Waals surface area contributed by atoms with Gasteiger partial charge in [0.2, 0.25) is 5.91 Å². The summed E-state index contributed by atoms with van der Waals surface area (Å²) in [5, 5.41) is 9.04. The lowest BCUT2D eigenvalue weighted by Crippen LogP contribution is -2.77. The van der Waals surface area contributed by atoms with Crippen LogP contribution in [-0.2, 0) is 30.3 Å². The number of hydrazine groups is 1. The summed E-state index contributed by atoms with van der Waals surface area (Å²) in [4.78, 5) is 67.4. The van der Waals surface area contributed by atoms with Crippen LogP contribution in [0.5, 0.6) is 0 Å². The van der Waals surface area contributed by atoms with Gasteiger partial charge >= 0.3 is 5.97 Å². The van der Waals surface area contributed by atoms with E-state index in [-0.39, 0.29) is 59.8 Å². The summed E-state index contributed by atoms with van der Waals surface area (Å²) in [6.07, 6.45) is 9.86. The van der Waals surface area contributed by atoms with Crippen LogP contribution in [0.4, 0.5) is 5.69 Å². The van der Waals surface area contributed by atoms with E-state index in [1.165, 1.54) is 42.5 Å². The van der Waals surface area contributed by atoms with Gasteiger partial charge in [-0.3, -0.25) is 44.0 Å². The number of anilines is 1. The fourth-order valence-corrected chi connectivity index (χ4v) is 14.7. The third-order valence-corrected chi connectivity index (χ3v) is 20.2. The highest BCUT2D eigenvalue weighted by atomic mass is 32.1. The zero-order valence-electron chi connectivity index (χ0n) is 44.6. The largest absolute Gasteiger partial charge is 0.464 e. The fourth-order valence-electron chi connectivity index (χ4n) is 13.7. The molecule has 9 heterocycles. The van der Waals surface area contributed by atoms with Gasteiger partial charge in [-0.2, -0.15) is 0 Å². The Balaban J connectivity index is 0.965.